The number of hydrogen-bond donors (Lipinski definition) is 1. The van der Waals surface area contributed by atoms with E-state index < -0.39 is 10.2 Å². The van der Waals surface area contributed by atoms with Crippen molar-refractivity contribution in [2.45, 2.75) is 39.1 Å². The fourth-order valence-electron chi connectivity index (χ4n) is 2.56. The van der Waals surface area contributed by atoms with Crippen LogP contribution in [0, 0.1) is 0 Å². The molecule has 0 unspecified atom stereocenters. The summed E-state index contributed by atoms with van der Waals surface area (Å²) in [5.41, 5.74) is 1.12. The largest absolute Gasteiger partial charge is 0.377 e. The topological polar surface area (TPSA) is 67.9 Å². The molecule has 0 aliphatic carbocycles. The Bertz CT molecular complexity index is 555. The van der Waals surface area contributed by atoms with Crippen molar-refractivity contribution in [1.29, 1.82) is 0 Å². The molecule has 0 aromatic heterocycles. The van der Waals surface area contributed by atoms with Crippen LogP contribution in [0.15, 0.2) is 30.3 Å². The predicted octanol–water partition coefficient (Wildman–Crippen LogP) is 1.54. The minimum absolute atomic E-state index is 0.0791. The van der Waals surface area contributed by atoms with Crippen molar-refractivity contribution in [1.82, 2.24) is 9.03 Å². The number of benzene rings is 1. The van der Waals surface area contributed by atoms with E-state index in [0.29, 0.717) is 39.3 Å². The molecule has 0 radical (unpaired) electrons. The highest BCUT2D eigenvalue weighted by atomic mass is 32.2. The molecule has 1 heterocycles. The maximum atomic E-state index is 12.2. The maximum absolute atomic E-state index is 12.2. The summed E-state index contributed by atoms with van der Waals surface area (Å²) in [5.74, 6) is 0. The average Bonchev–Trinajstić information content (AvgIpc) is 2.51. The van der Waals surface area contributed by atoms with E-state index in [4.69, 9.17) is 9.47 Å². The zero-order chi connectivity index (χ0) is 16.7. The molecule has 0 amide bonds. The number of nitrogens with one attached hydrogen (secondary N) is 1. The van der Waals surface area contributed by atoms with E-state index in [0.717, 1.165) is 5.56 Å². The first-order valence-electron chi connectivity index (χ1n) is 7.99. The van der Waals surface area contributed by atoms with Gasteiger partial charge < -0.3 is 9.47 Å². The van der Waals surface area contributed by atoms with Gasteiger partial charge in [0.05, 0.1) is 18.8 Å². The van der Waals surface area contributed by atoms with Gasteiger partial charge in [0.1, 0.15) is 0 Å². The van der Waals surface area contributed by atoms with Gasteiger partial charge in [-0.05, 0) is 25.8 Å². The SMILES string of the molecule is C[C@@H]1CN(S(=O)(=O)NCCCOCc2ccccc2)C[C@@H](C)O1. The Kier molecular flexibility index (Phi) is 6.98. The third-order valence-electron chi connectivity index (χ3n) is 3.59. The van der Waals surface area contributed by atoms with E-state index in [1.165, 1.54) is 4.31 Å². The number of rotatable bonds is 8. The Morgan fingerprint density at radius 3 is 2.52 bits per heavy atom. The Balaban J connectivity index is 1.65. The molecule has 0 saturated carbocycles. The second-order valence-electron chi connectivity index (χ2n) is 5.87. The van der Waals surface area contributed by atoms with Crippen LogP contribution in [-0.2, 0) is 26.3 Å². The van der Waals surface area contributed by atoms with Crippen LogP contribution in [-0.4, -0.2) is 51.2 Å². The molecule has 1 aromatic rings. The van der Waals surface area contributed by atoms with E-state index in [2.05, 4.69) is 4.72 Å². The molecule has 0 spiro atoms. The molecule has 1 aliphatic rings. The van der Waals surface area contributed by atoms with Crippen LogP contribution in [0.3, 0.4) is 0 Å². The molecule has 7 heteroatoms. The first-order valence-corrected chi connectivity index (χ1v) is 9.43. The number of nitrogens with zero attached hydrogens (tertiary/aromatic N) is 1. The smallest absolute Gasteiger partial charge is 0.279 e. The summed E-state index contributed by atoms with van der Waals surface area (Å²) in [4.78, 5) is 0. The lowest BCUT2D eigenvalue weighted by Gasteiger charge is -2.34. The van der Waals surface area contributed by atoms with Crippen LogP contribution in [0.4, 0.5) is 0 Å². The fraction of sp³-hybridized carbons (Fsp3) is 0.625. The van der Waals surface area contributed by atoms with Crippen molar-refractivity contribution in [3.05, 3.63) is 35.9 Å². The zero-order valence-corrected chi connectivity index (χ0v) is 14.6. The second kappa shape index (κ2) is 8.75. The van der Waals surface area contributed by atoms with Crippen LogP contribution in [0.25, 0.3) is 0 Å². The van der Waals surface area contributed by atoms with Gasteiger partial charge in [-0.3, -0.25) is 0 Å². The molecule has 1 N–H and O–H groups in total. The Morgan fingerprint density at radius 1 is 1.22 bits per heavy atom. The number of ether oxygens (including phenoxy) is 2. The Morgan fingerprint density at radius 2 is 1.87 bits per heavy atom. The van der Waals surface area contributed by atoms with E-state index in [1.807, 2.05) is 44.2 Å². The molecule has 1 aromatic carbocycles. The summed E-state index contributed by atoms with van der Waals surface area (Å²) in [6, 6.07) is 9.91. The van der Waals surface area contributed by atoms with Crippen molar-refractivity contribution < 1.29 is 17.9 Å². The van der Waals surface area contributed by atoms with Crippen LogP contribution in [0.5, 0.6) is 0 Å². The van der Waals surface area contributed by atoms with Gasteiger partial charge in [0.2, 0.25) is 0 Å². The molecule has 0 bridgehead atoms. The van der Waals surface area contributed by atoms with Crippen molar-refractivity contribution in [2.75, 3.05) is 26.2 Å². The fourth-order valence-corrected chi connectivity index (χ4v) is 3.96. The molecule has 2 atom stereocenters. The molecular weight excluding hydrogens is 316 g/mol. The first-order chi connectivity index (χ1) is 11.0. The van der Waals surface area contributed by atoms with Gasteiger partial charge in [0.25, 0.3) is 10.2 Å². The van der Waals surface area contributed by atoms with Gasteiger partial charge in [0, 0.05) is 26.2 Å². The van der Waals surface area contributed by atoms with E-state index in [-0.39, 0.29) is 12.2 Å². The normalized spacial score (nSPS) is 23.0. The lowest BCUT2D eigenvalue weighted by molar-refractivity contribution is -0.0444. The number of hydrogen-bond acceptors (Lipinski definition) is 4. The lowest BCUT2D eigenvalue weighted by atomic mass is 10.2. The summed E-state index contributed by atoms with van der Waals surface area (Å²) in [6.45, 7) is 6.00. The quantitative estimate of drug-likeness (QED) is 0.728. The summed E-state index contributed by atoms with van der Waals surface area (Å²) in [7, 11) is -3.44. The van der Waals surface area contributed by atoms with Crippen molar-refractivity contribution in [3.63, 3.8) is 0 Å². The zero-order valence-electron chi connectivity index (χ0n) is 13.8. The lowest BCUT2D eigenvalue weighted by Crippen LogP contribution is -2.52. The van der Waals surface area contributed by atoms with E-state index >= 15 is 0 Å². The number of morpholine rings is 1. The van der Waals surface area contributed by atoms with Gasteiger partial charge in [0.15, 0.2) is 0 Å². The minimum atomic E-state index is -3.44. The van der Waals surface area contributed by atoms with Crippen LogP contribution >= 0.6 is 0 Å². The van der Waals surface area contributed by atoms with Gasteiger partial charge in [-0.15, -0.1) is 0 Å². The highest BCUT2D eigenvalue weighted by Crippen LogP contribution is 2.13. The molecule has 1 fully saturated rings. The van der Waals surface area contributed by atoms with Gasteiger partial charge in [-0.25, -0.2) is 4.72 Å². The molecule has 1 aliphatic heterocycles. The highest BCUT2D eigenvalue weighted by Gasteiger charge is 2.30. The van der Waals surface area contributed by atoms with Gasteiger partial charge in [-0.1, -0.05) is 30.3 Å². The van der Waals surface area contributed by atoms with Crippen LogP contribution in [0.2, 0.25) is 0 Å². The molecule has 2 rings (SSSR count). The van der Waals surface area contributed by atoms with Gasteiger partial charge >= 0.3 is 0 Å². The molecule has 6 nitrogen and oxygen atoms in total. The Hall–Kier alpha value is -0.990. The third kappa shape index (κ3) is 6.19. The maximum Gasteiger partial charge on any atom is 0.279 e. The average molecular weight is 342 g/mol. The standard InChI is InChI=1S/C16H26N2O4S/c1-14-11-18(12-15(2)22-14)23(19,20)17-9-6-10-21-13-16-7-4-3-5-8-16/h3-5,7-8,14-15,17H,6,9-13H2,1-2H3/t14-,15-/m1/s1. The first kappa shape index (κ1) is 18.4. The Labute approximate surface area is 139 Å². The van der Waals surface area contributed by atoms with Crippen molar-refractivity contribution >= 4 is 10.2 Å². The second-order valence-corrected chi connectivity index (χ2v) is 7.62. The molecule has 23 heavy (non-hydrogen) atoms. The summed E-state index contributed by atoms with van der Waals surface area (Å²) in [5, 5.41) is 0. The summed E-state index contributed by atoms with van der Waals surface area (Å²) >= 11 is 0. The van der Waals surface area contributed by atoms with Crippen molar-refractivity contribution in [2.24, 2.45) is 0 Å². The van der Waals surface area contributed by atoms with E-state index in [1.54, 1.807) is 0 Å². The highest BCUT2D eigenvalue weighted by molar-refractivity contribution is 7.87. The molecular formula is C16H26N2O4S. The van der Waals surface area contributed by atoms with Crippen LogP contribution < -0.4 is 4.72 Å². The van der Waals surface area contributed by atoms with E-state index in [9.17, 15) is 8.42 Å². The van der Waals surface area contributed by atoms with Crippen LogP contribution in [0.1, 0.15) is 25.8 Å². The monoisotopic (exact) mass is 342 g/mol. The third-order valence-corrected chi connectivity index (χ3v) is 5.13. The summed E-state index contributed by atoms with van der Waals surface area (Å²) < 4.78 is 39.7. The van der Waals surface area contributed by atoms with Crippen molar-refractivity contribution in [3.8, 4) is 0 Å². The minimum Gasteiger partial charge on any atom is -0.377 e. The van der Waals surface area contributed by atoms with Gasteiger partial charge in [-0.2, -0.15) is 12.7 Å². The predicted molar refractivity (Wildman–Crippen MR) is 89.2 cm³/mol. The molecule has 1 saturated heterocycles. The molecule has 130 valence electrons. The summed E-state index contributed by atoms with van der Waals surface area (Å²) in [6.07, 6.45) is 0.482.